The molecule has 0 radical (unpaired) electrons. The number of esters is 1. The molecule has 0 aromatic rings. The lowest BCUT2D eigenvalue weighted by atomic mass is 10.0. The largest absolute Gasteiger partial charge is 0.460 e. The number of carbonyl (C=O) groups is 1. The second-order valence-electron chi connectivity index (χ2n) is 10.2. The van der Waals surface area contributed by atoms with Crippen LogP contribution in [0.15, 0.2) is 0 Å². The maximum absolute atomic E-state index is 11.6. The molecule has 1 saturated heterocycles. The van der Waals surface area contributed by atoms with Crippen LogP contribution in [0.1, 0.15) is 97.8 Å². The molecule has 0 aromatic carbocycles. The number of rotatable bonds is 15. The zero-order valence-corrected chi connectivity index (χ0v) is 20.5. The van der Waals surface area contributed by atoms with Gasteiger partial charge in [0.1, 0.15) is 6.10 Å². The number of aliphatic hydroxyl groups is 2. The van der Waals surface area contributed by atoms with Gasteiger partial charge in [0.2, 0.25) is 0 Å². The summed E-state index contributed by atoms with van der Waals surface area (Å²) in [5, 5.41) is 18.3. The van der Waals surface area contributed by atoms with Crippen molar-refractivity contribution < 1.29 is 24.2 Å². The van der Waals surface area contributed by atoms with E-state index in [-0.39, 0.29) is 29.8 Å². The van der Waals surface area contributed by atoms with Crippen molar-refractivity contribution in [1.82, 2.24) is 0 Å². The first-order chi connectivity index (χ1) is 13.6. The third kappa shape index (κ3) is 10.4. The number of hydrogen-bond donors (Lipinski definition) is 2. The van der Waals surface area contributed by atoms with E-state index in [1.807, 2.05) is 0 Å². The molecular weight excluding hydrogens is 384 g/mol. The fourth-order valence-corrected chi connectivity index (χ4v) is 4.94. The van der Waals surface area contributed by atoms with Crippen LogP contribution in [0, 0.1) is 0 Å². The molecule has 2 N–H and O–H groups in total. The molecule has 0 bridgehead atoms. The third-order valence-corrected chi connectivity index (χ3v) is 11.1. The molecular formula is C23H46O5Si. The predicted octanol–water partition coefficient (Wildman–Crippen LogP) is 5.34. The second-order valence-corrected chi connectivity index (χ2v) is 15.0. The number of aliphatic hydroxyl groups excluding tert-OH is 2. The van der Waals surface area contributed by atoms with Gasteiger partial charge >= 0.3 is 5.97 Å². The number of carbonyl (C=O) groups excluding carboxylic acids is 1. The highest BCUT2D eigenvalue weighted by Gasteiger charge is 2.42. The fraction of sp³-hybridized carbons (Fsp3) is 0.957. The van der Waals surface area contributed by atoms with Gasteiger partial charge in [-0.1, -0.05) is 72.1 Å². The monoisotopic (exact) mass is 430 g/mol. The van der Waals surface area contributed by atoms with Gasteiger partial charge in [0.15, 0.2) is 8.32 Å². The lowest BCUT2D eigenvalue weighted by molar-refractivity contribution is -0.145. The lowest BCUT2D eigenvalue weighted by Gasteiger charge is -2.40. The number of hydrogen-bond acceptors (Lipinski definition) is 5. The van der Waals surface area contributed by atoms with Gasteiger partial charge in [-0.15, -0.1) is 0 Å². The van der Waals surface area contributed by atoms with Crippen molar-refractivity contribution in [3.05, 3.63) is 0 Å². The SMILES string of the molecule is CC(C)(C)[Si](C)(C)O[C@H](CCCCCCCCCC[C@@H](O)CO)[C@H]1CCC(=O)O1. The first kappa shape index (κ1) is 26.6. The first-order valence-electron chi connectivity index (χ1n) is 11.7. The minimum Gasteiger partial charge on any atom is -0.460 e. The second kappa shape index (κ2) is 13.1. The molecule has 0 aliphatic carbocycles. The van der Waals surface area contributed by atoms with Gasteiger partial charge in [-0.2, -0.15) is 0 Å². The summed E-state index contributed by atoms with van der Waals surface area (Å²) in [5.41, 5.74) is 0. The molecule has 1 fully saturated rings. The Morgan fingerprint density at radius 3 is 2.00 bits per heavy atom. The average molecular weight is 431 g/mol. The van der Waals surface area contributed by atoms with Crippen LogP contribution < -0.4 is 0 Å². The quantitative estimate of drug-likeness (QED) is 0.208. The van der Waals surface area contributed by atoms with Crippen molar-refractivity contribution in [2.45, 2.75) is 134 Å². The van der Waals surface area contributed by atoms with Gasteiger partial charge in [0.25, 0.3) is 0 Å². The lowest BCUT2D eigenvalue weighted by Crippen LogP contribution is -2.47. The molecule has 0 saturated carbocycles. The molecule has 1 heterocycles. The smallest absolute Gasteiger partial charge is 0.306 e. The van der Waals surface area contributed by atoms with Crippen molar-refractivity contribution in [2.75, 3.05) is 6.61 Å². The van der Waals surface area contributed by atoms with Crippen LogP contribution in [0.4, 0.5) is 0 Å². The van der Waals surface area contributed by atoms with Crippen molar-refractivity contribution in [1.29, 1.82) is 0 Å². The van der Waals surface area contributed by atoms with Crippen LogP contribution in [0.2, 0.25) is 18.1 Å². The predicted molar refractivity (Wildman–Crippen MR) is 120 cm³/mol. The molecule has 1 aliphatic heterocycles. The third-order valence-electron chi connectivity index (χ3n) is 6.57. The van der Waals surface area contributed by atoms with E-state index in [4.69, 9.17) is 14.3 Å². The summed E-state index contributed by atoms with van der Waals surface area (Å²) in [6.07, 6.45) is 11.8. The van der Waals surface area contributed by atoms with E-state index in [0.717, 1.165) is 32.1 Å². The highest BCUT2D eigenvalue weighted by molar-refractivity contribution is 6.74. The van der Waals surface area contributed by atoms with Gasteiger partial charge < -0.3 is 19.4 Å². The zero-order chi connectivity index (χ0) is 21.9. The molecule has 172 valence electrons. The molecule has 1 rings (SSSR count). The molecule has 0 amide bonds. The van der Waals surface area contributed by atoms with Crippen LogP contribution >= 0.6 is 0 Å². The summed E-state index contributed by atoms with van der Waals surface area (Å²) >= 11 is 0. The van der Waals surface area contributed by atoms with Crippen molar-refractivity contribution >= 4 is 14.3 Å². The molecule has 1 aliphatic rings. The van der Waals surface area contributed by atoms with E-state index in [2.05, 4.69) is 33.9 Å². The Hall–Kier alpha value is -0.433. The van der Waals surface area contributed by atoms with E-state index in [9.17, 15) is 9.90 Å². The topological polar surface area (TPSA) is 76.0 Å². The highest BCUT2D eigenvalue weighted by Crippen LogP contribution is 2.39. The van der Waals surface area contributed by atoms with Crippen molar-refractivity contribution in [2.24, 2.45) is 0 Å². The summed E-state index contributed by atoms with van der Waals surface area (Å²) < 4.78 is 12.2. The fourth-order valence-electron chi connectivity index (χ4n) is 3.56. The Bertz CT molecular complexity index is 461. The molecule has 29 heavy (non-hydrogen) atoms. The van der Waals surface area contributed by atoms with Crippen LogP contribution in [-0.2, 0) is 14.0 Å². The molecule has 5 nitrogen and oxygen atoms in total. The van der Waals surface area contributed by atoms with Gasteiger partial charge in [-0.05, 0) is 37.4 Å². The molecule has 6 heteroatoms. The molecule has 0 spiro atoms. The minimum atomic E-state index is -1.89. The standard InChI is InChI=1S/C23H46O5Si/c1-23(2,3)29(4,5)28-21(20-16-17-22(26)27-20)15-13-11-9-7-6-8-10-12-14-19(25)18-24/h19-21,24-25H,6-18H2,1-5H3/t19-,20-,21-/m1/s1. The maximum Gasteiger partial charge on any atom is 0.306 e. The van der Waals surface area contributed by atoms with Crippen molar-refractivity contribution in [3.8, 4) is 0 Å². The molecule has 0 unspecified atom stereocenters. The number of cyclic esters (lactones) is 1. The van der Waals surface area contributed by atoms with Crippen LogP contribution in [0.5, 0.6) is 0 Å². The minimum absolute atomic E-state index is 0.0419. The molecule has 3 atom stereocenters. The van der Waals surface area contributed by atoms with Gasteiger partial charge in [0, 0.05) is 6.42 Å². The van der Waals surface area contributed by atoms with Crippen LogP contribution in [0.3, 0.4) is 0 Å². The number of ether oxygens (including phenoxy) is 1. The van der Waals surface area contributed by atoms with E-state index in [0.29, 0.717) is 12.8 Å². The van der Waals surface area contributed by atoms with E-state index >= 15 is 0 Å². The van der Waals surface area contributed by atoms with E-state index < -0.39 is 14.4 Å². The Morgan fingerprint density at radius 1 is 1.03 bits per heavy atom. The van der Waals surface area contributed by atoms with Gasteiger partial charge in [0.05, 0.1) is 18.8 Å². The van der Waals surface area contributed by atoms with Gasteiger partial charge in [-0.25, -0.2) is 0 Å². The Labute approximate surface area is 179 Å². The Kier molecular flexibility index (Phi) is 12.0. The summed E-state index contributed by atoms with van der Waals surface area (Å²) in [6, 6.07) is 0. The zero-order valence-electron chi connectivity index (χ0n) is 19.5. The van der Waals surface area contributed by atoms with Gasteiger partial charge in [-0.3, -0.25) is 4.79 Å². The normalized spacial score (nSPS) is 20.0. The van der Waals surface area contributed by atoms with Crippen molar-refractivity contribution in [3.63, 3.8) is 0 Å². The summed E-state index contributed by atoms with van der Waals surface area (Å²) in [5.74, 6) is -0.0784. The van der Waals surface area contributed by atoms with E-state index in [1.54, 1.807) is 0 Å². The summed E-state index contributed by atoms with van der Waals surface area (Å²) in [4.78, 5) is 11.6. The highest BCUT2D eigenvalue weighted by atomic mass is 28.4. The summed E-state index contributed by atoms with van der Waals surface area (Å²) in [7, 11) is -1.89. The van der Waals surface area contributed by atoms with Crippen LogP contribution in [-0.4, -0.2) is 49.4 Å². The van der Waals surface area contributed by atoms with E-state index in [1.165, 1.54) is 32.1 Å². The Balaban J connectivity index is 2.26. The Morgan fingerprint density at radius 2 is 1.55 bits per heavy atom. The first-order valence-corrected chi connectivity index (χ1v) is 14.6. The number of unbranched alkanes of at least 4 members (excludes halogenated alkanes) is 7. The molecule has 0 aromatic heterocycles. The maximum atomic E-state index is 11.6. The average Bonchev–Trinajstić information content (AvgIpc) is 3.07. The summed E-state index contributed by atoms with van der Waals surface area (Å²) in [6.45, 7) is 11.2. The van der Waals surface area contributed by atoms with Crippen LogP contribution in [0.25, 0.3) is 0 Å².